The number of aromatic nitrogens is 4. The first-order valence-electron chi connectivity index (χ1n) is 11.4. The molecule has 4 heterocycles. The minimum atomic E-state index is -0.412. The van der Waals surface area contributed by atoms with Gasteiger partial charge in [-0.2, -0.15) is 10.1 Å². The third-order valence-electron chi connectivity index (χ3n) is 5.21. The maximum absolute atomic E-state index is 12.9. The molecule has 1 N–H and O–H groups in total. The van der Waals surface area contributed by atoms with Gasteiger partial charge in [0.1, 0.15) is 6.10 Å². The number of ether oxygens (including phenoxy) is 4. The molecule has 0 aromatic carbocycles. The Bertz CT molecular complexity index is 1190. The van der Waals surface area contributed by atoms with Gasteiger partial charge < -0.3 is 29.2 Å². The van der Waals surface area contributed by atoms with E-state index in [1.807, 2.05) is 6.92 Å². The Morgan fingerprint density at radius 3 is 2.56 bits per heavy atom. The van der Waals surface area contributed by atoms with Gasteiger partial charge in [0.2, 0.25) is 17.6 Å². The lowest BCUT2D eigenvalue weighted by Gasteiger charge is -2.26. The third kappa shape index (κ3) is 6.55. The fraction of sp³-hybridized carbons (Fsp3) is 0.375. The van der Waals surface area contributed by atoms with Gasteiger partial charge in [0.05, 0.1) is 30.9 Å². The molecule has 12 heteroatoms. The molecule has 1 saturated heterocycles. The highest BCUT2D eigenvalue weighted by molar-refractivity contribution is 6.04. The number of nitrogens with one attached hydrogen (secondary N) is 1. The van der Waals surface area contributed by atoms with Crippen molar-refractivity contribution in [3.63, 3.8) is 0 Å². The van der Waals surface area contributed by atoms with Gasteiger partial charge >= 0.3 is 0 Å². The quantitative estimate of drug-likeness (QED) is 0.473. The van der Waals surface area contributed by atoms with E-state index >= 15 is 0 Å². The molecule has 1 aliphatic rings. The molecule has 0 saturated carbocycles. The molecular weight excluding hydrogens is 468 g/mol. The van der Waals surface area contributed by atoms with Gasteiger partial charge in [0.15, 0.2) is 5.82 Å². The number of aryl methyl sites for hydroxylation is 1. The summed E-state index contributed by atoms with van der Waals surface area (Å²) in [4.78, 5) is 35.8. The Morgan fingerprint density at radius 2 is 1.89 bits per heavy atom. The summed E-state index contributed by atoms with van der Waals surface area (Å²) in [5.41, 5.74) is 0.697. The molecule has 2 amide bonds. The van der Waals surface area contributed by atoms with Gasteiger partial charge in [0, 0.05) is 63.9 Å². The first kappa shape index (κ1) is 25.1. The molecule has 1 fully saturated rings. The van der Waals surface area contributed by atoms with Crippen LogP contribution in [0.25, 0.3) is 0 Å². The molecule has 3 aromatic rings. The van der Waals surface area contributed by atoms with Gasteiger partial charge in [-0.25, -0.2) is 4.98 Å². The number of carbonyl (C=O) groups excluding carboxylic acids is 2. The Hall–Kier alpha value is -4.03. The van der Waals surface area contributed by atoms with Crippen LogP contribution in [0.15, 0.2) is 42.7 Å². The fourth-order valence-corrected chi connectivity index (χ4v) is 3.49. The number of carbonyl (C=O) groups is 2. The minimum absolute atomic E-state index is 0.100. The Kier molecular flexibility index (Phi) is 8.08. The van der Waals surface area contributed by atoms with Crippen LogP contribution in [0.2, 0.25) is 0 Å². The zero-order valence-electron chi connectivity index (χ0n) is 20.3. The van der Waals surface area contributed by atoms with Crippen LogP contribution in [0.4, 0.5) is 5.82 Å². The molecule has 1 aliphatic heterocycles. The van der Waals surface area contributed by atoms with Crippen molar-refractivity contribution in [1.29, 1.82) is 0 Å². The molecule has 1 atom stereocenters. The topological polar surface area (TPSA) is 130 Å². The fourth-order valence-electron chi connectivity index (χ4n) is 3.49. The summed E-state index contributed by atoms with van der Waals surface area (Å²) >= 11 is 0. The summed E-state index contributed by atoms with van der Waals surface area (Å²) in [7, 11) is 3.32. The van der Waals surface area contributed by atoms with E-state index in [2.05, 4.69) is 20.4 Å². The van der Waals surface area contributed by atoms with E-state index in [0.29, 0.717) is 44.3 Å². The predicted molar refractivity (Wildman–Crippen MR) is 128 cm³/mol. The highest BCUT2D eigenvalue weighted by atomic mass is 16.5. The second-order valence-corrected chi connectivity index (χ2v) is 8.14. The molecule has 0 bridgehead atoms. The largest absolute Gasteiger partial charge is 0.472 e. The summed E-state index contributed by atoms with van der Waals surface area (Å²) in [6.45, 7) is 4.27. The average molecular weight is 497 g/mol. The lowest BCUT2D eigenvalue weighted by Crippen LogP contribution is -2.40. The van der Waals surface area contributed by atoms with E-state index in [4.69, 9.17) is 18.9 Å². The van der Waals surface area contributed by atoms with Crippen molar-refractivity contribution in [2.75, 3.05) is 45.3 Å². The maximum atomic E-state index is 12.9. The first-order valence-corrected chi connectivity index (χ1v) is 11.4. The lowest BCUT2D eigenvalue weighted by molar-refractivity contribution is 0.0302. The molecule has 12 nitrogen and oxygen atoms in total. The SMILES string of the molecule is COC[C@@H](C)Oc1cc(C(=O)Nc2ccn(C)n2)cc(Oc2ccc(C(=O)N3CCOCC3)cn2)n1. The van der Waals surface area contributed by atoms with E-state index in [-0.39, 0.29) is 35.2 Å². The summed E-state index contributed by atoms with van der Waals surface area (Å²) in [6.07, 6.45) is 2.85. The monoisotopic (exact) mass is 496 g/mol. The smallest absolute Gasteiger partial charge is 0.257 e. The maximum Gasteiger partial charge on any atom is 0.257 e. The molecule has 190 valence electrons. The van der Waals surface area contributed by atoms with Crippen molar-refractivity contribution in [2.45, 2.75) is 13.0 Å². The van der Waals surface area contributed by atoms with Crippen molar-refractivity contribution < 1.29 is 28.5 Å². The van der Waals surface area contributed by atoms with E-state index < -0.39 is 5.91 Å². The Labute approximate surface area is 208 Å². The number of hydrogen-bond donors (Lipinski definition) is 1. The van der Waals surface area contributed by atoms with Gasteiger partial charge in [-0.3, -0.25) is 14.3 Å². The van der Waals surface area contributed by atoms with Crippen LogP contribution >= 0.6 is 0 Å². The number of rotatable bonds is 9. The average Bonchev–Trinajstić information content (AvgIpc) is 3.29. The van der Waals surface area contributed by atoms with E-state index in [9.17, 15) is 9.59 Å². The van der Waals surface area contributed by atoms with E-state index in [0.717, 1.165) is 0 Å². The number of pyridine rings is 2. The van der Waals surface area contributed by atoms with E-state index in [1.54, 1.807) is 48.1 Å². The van der Waals surface area contributed by atoms with Gasteiger partial charge in [-0.1, -0.05) is 0 Å². The number of anilines is 1. The Morgan fingerprint density at radius 1 is 1.11 bits per heavy atom. The van der Waals surface area contributed by atoms with Crippen LogP contribution < -0.4 is 14.8 Å². The lowest BCUT2D eigenvalue weighted by atomic mass is 10.2. The minimum Gasteiger partial charge on any atom is -0.472 e. The number of amides is 2. The zero-order valence-corrected chi connectivity index (χ0v) is 20.3. The molecule has 0 aliphatic carbocycles. The highest BCUT2D eigenvalue weighted by Gasteiger charge is 2.19. The standard InChI is InChI=1S/C24H28N6O6/c1-16(15-33-3)35-21-12-18(23(31)26-19-6-7-29(2)28-19)13-22(27-21)36-20-5-4-17(14-25-20)24(32)30-8-10-34-11-9-30/h4-7,12-14,16H,8-11,15H2,1-3H3,(H,26,28,31)/t16-/m1/s1. The second kappa shape index (κ2) is 11.6. The van der Waals surface area contributed by atoms with Crippen LogP contribution in [-0.2, 0) is 16.5 Å². The summed E-state index contributed by atoms with van der Waals surface area (Å²) in [5.74, 6) is 0.361. The van der Waals surface area contributed by atoms with Crippen molar-refractivity contribution in [1.82, 2.24) is 24.6 Å². The van der Waals surface area contributed by atoms with Crippen LogP contribution in [0.3, 0.4) is 0 Å². The van der Waals surface area contributed by atoms with Crippen LogP contribution in [0.5, 0.6) is 17.6 Å². The van der Waals surface area contributed by atoms with Gasteiger partial charge in [-0.15, -0.1) is 0 Å². The molecule has 3 aromatic heterocycles. The molecular formula is C24H28N6O6. The summed E-state index contributed by atoms with van der Waals surface area (Å²) in [6, 6.07) is 7.87. The molecule has 0 radical (unpaired) electrons. The van der Waals surface area contributed by atoms with Crippen molar-refractivity contribution >= 4 is 17.6 Å². The first-order chi connectivity index (χ1) is 17.4. The van der Waals surface area contributed by atoms with E-state index in [1.165, 1.54) is 18.3 Å². The number of hydrogen-bond acceptors (Lipinski definition) is 9. The molecule has 0 spiro atoms. The summed E-state index contributed by atoms with van der Waals surface area (Å²) in [5, 5.41) is 6.89. The number of nitrogens with zero attached hydrogens (tertiary/aromatic N) is 5. The third-order valence-corrected chi connectivity index (χ3v) is 5.21. The highest BCUT2D eigenvalue weighted by Crippen LogP contribution is 2.24. The van der Waals surface area contributed by atoms with Crippen molar-refractivity contribution in [3.05, 3.63) is 53.9 Å². The second-order valence-electron chi connectivity index (χ2n) is 8.14. The van der Waals surface area contributed by atoms with Crippen LogP contribution in [-0.4, -0.2) is 82.6 Å². The summed E-state index contributed by atoms with van der Waals surface area (Å²) < 4.78 is 23.6. The van der Waals surface area contributed by atoms with Crippen molar-refractivity contribution in [2.24, 2.45) is 7.05 Å². The Balaban J connectivity index is 1.52. The molecule has 0 unspecified atom stereocenters. The zero-order chi connectivity index (χ0) is 25.5. The van der Waals surface area contributed by atoms with Gasteiger partial charge in [0.25, 0.3) is 11.8 Å². The van der Waals surface area contributed by atoms with Crippen molar-refractivity contribution in [3.8, 4) is 17.6 Å². The van der Waals surface area contributed by atoms with Crippen LogP contribution in [0.1, 0.15) is 27.6 Å². The molecule has 36 heavy (non-hydrogen) atoms. The predicted octanol–water partition coefficient (Wildman–Crippen LogP) is 2.14. The molecule has 4 rings (SSSR count). The van der Waals surface area contributed by atoms with Crippen LogP contribution in [0, 0.1) is 0 Å². The van der Waals surface area contributed by atoms with Gasteiger partial charge in [-0.05, 0) is 13.0 Å². The number of methoxy groups -OCH3 is 1. The number of morpholine rings is 1. The normalized spacial score (nSPS) is 14.2.